The molecule has 1 saturated heterocycles. The van der Waals surface area contributed by atoms with Gasteiger partial charge in [-0.25, -0.2) is 9.37 Å². The molecular weight excluding hydrogens is 315 g/mol. The number of carbonyl (C=O) groups is 1. The summed E-state index contributed by atoms with van der Waals surface area (Å²) in [6.45, 7) is 3.06. The van der Waals surface area contributed by atoms with Crippen molar-refractivity contribution < 1.29 is 14.3 Å². The van der Waals surface area contributed by atoms with E-state index in [4.69, 9.17) is 0 Å². The monoisotopic (exact) mass is 334 g/mol. The lowest BCUT2D eigenvalue weighted by molar-refractivity contribution is 0.0757. The van der Waals surface area contributed by atoms with E-state index >= 15 is 0 Å². The number of hydrogen-bond acceptors (Lipinski definition) is 4. The number of halogens is 1. The summed E-state index contributed by atoms with van der Waals surface area (Å²) in [5, 5.41) is 10.4. The number of likely N-dealkylation sites (tertiary alicyclic amines) is 1. The van der Waals surface area contributed by atoms with Crippen LogP contribution in [0.4, 0.5) is 4.39 Å². The Hall–Kier alpha value is -1.79. The van der Waals surface area contributed by atoms with Crippen molar-refractivity contribution in [3.05, 3.63) is 40.7 Å². The lowest BCUT2D eigenvalue weighted by Gasteiger charge is -2.19. The fraction of sp³-hybridized carbons (Fsp3) is 0.412. The molecule has 1 fully saturated rings. The van der Waals surface area contributed by atoms with Crippen LogP contribution in [0.2, 0.25) is 0 Å². The summed E-state index contributed by atoms with van der Waals surface area (Å²) in [7, 11) is 0. The Morgan fingerprint density at radius 3 is 2.78 bits per heavy atom. The van der Waals surface area contributed by atoms with Crippen LogP contribution in [0.3, 0.4) is 0 Å². The number of carbonyl (C=O) groups excluding carboxylic acids is 1. The van der Waals surface area contributed by atoms with E-state index in [2.05, 4.69) is 4.98 Å². The molecule has 1 N–H and O–H groups in total. The van der Waals surface area contributed by atoms with Gasteiger partial charge in [-0.2, -0.15) is 0 Å². The van der Waals surface area contributed by atoms with E-state index in [0.717, 1.165) is 23.4 Å². The van der Waals surface area contributed by atoms with Crippen LogP contribution >= 0.6 is 11.3 Å². The van der Waals surface area contributed by atoms with E-state index in [0.29, 0.717) is 30.1 Å². The molecule has 1 amide bonds. The highest BCUT2D eigenvalue weighted by Gasteiger charge is 2.24. The van der Waals surface area contributed by atoms with E-state index < -0.39 is 0 Å². The highest BCUT2D eigenvalue weighted by Crippen LogP contribution is 2.29. The van der Waals surface area contributed by atoms with Crippen LogP contribution in [0.5, 0.6) is 0 Å². The third kappa shape index (κ3) is 3.59. The second-order valence-corrected chi connectivity index (χ2v) is 6.82. The number of amides is 1. The molecule has 0 spiro atoms. The first kappa shape index (κ1) is 16.1. The van der Waals surface area contributed by atoms with Crippen LogP contribution in [-0.2, 0) is 0 Å². The summed E-state index contributed by atoms with van der Waals surface area (Å²) >= 11 is 1.34. The van der Waals surface area contributed by atoms with E-state index in [1.165, 1.54) is 23.5 Å². The minimum Gasteiger partial charge on any atom is -0.393 e. The summed E-state index contributed by atoms with van der Waals surface area (Å²) in [5.74, 6) is -0.316. The molecule has 3 rings (SSSR count). The van der Waals surface area contributed by atoms with Gasteiger partial charge in [-0.05, 0) is 50.5 Å². The maximum atomic E-state index is 13.0. The van der Waals surface area contributed by atoms with Crippen LogP contribution in [-0.4, -0.2) is 40.1 Å². The first-order valence-corrected chi connectivity index (χ1v) is 8.57. The molecule has 1 aliphatic heterocycles. The number of nitrogens with zero attached hydrogens (tertiary/aromatic N) is 2. The van der Waals surface area contributed by atoms with Gasteiger partial charge >= 0.3 is 0 Å². The topological polar surface area (TPSA) is 53.4 Å². The molecule has 23 heavy (non-hydrogen) atoms. The summed E-state index contributed by atoms with van der Waals surface area (Å²) in [6.07, 6.45) is 1.86. The molecule has 0 aliphatic carbocycles. The zero-order valence-corrected chi connectivity index (χ0v) is 13.8. The molecule has 122 valence electrons. The third-order valence-corrected chi connectivity index (χ3v) is 5.26. The zero-order valence-electron chi connectivity index (χ0n) is 13.0. The molecule has 0 saturated carbocycles. The normalized spacial score (nSPS) is 18.7. The maximum Gasteiger partial charge on any atom is 0.265 e. The Kier molecular flexibility index (Phi) is 4.73. The van der Waals surface area contributed by atoms with Gasteiger partial charge in [0.1, 0.15) is 15.7 Å². The quantitative estimate of drug-likeness (QED) is 0.917. The molecule has 1 aromatic carbocycles. The predicted octanol–water partition coefficient (Wildman–Crippen LogP) is 3.24. The Bertz CT molecular complexity index is 699. The lowest BCUT2D eigenvalue weighted by atomic mass is 10.2. The van der Waals surface area contributed by atoms with Crippen LogP contribution in [0.25, 0.3) is 10.6 Å². The standard InChI is InChI=1S/C17H19FN2O2S/c1-11-15(17(22)20-9-2-3-14(21)8-10-20)23-16(19-11)12-4-6-13(18)7-5-12/h4-7,14,21H,2-3,8-10H2,1H3/t14-/m0/s1. The van der Waals surface area contributed by atoms with Gasteiger partial charge < -0.3 is 10.0 Å². The number of thiazole rings is 1. The van der Waals surface area contributed by atoms with Crippen LogP contribution in [0.15, 0.2) is 24.3 Å². The van der Waals surface area contributed by atoms with E-state index in [-0.39, 0.29) is 17.8 Å². The minimum absolute atomic E-state index is 0.0255. The van der Waals surface area contributed by atoms with Gasteiger partial charge in [-0.15, -0.1) is 11.3 Å². The van der Waals surface area contributed by atoms with Gasteiger partial charge in [-0.1, -0.05) is 0 Å². The van der Waals surface area contributed by atoms with Crippen LogP contribution in [0, 0.1) is 12.7 Å². The van der Waals surface area contributed by atoms with Crippen molar-refractivity contribution in [2.24, 2.45) is 0 Å². The average Bonchev–Trinajstić information content (AvgIpc) is 2.78. The predicted molar refractivity (Wildman–Crippen MR) is 88.0 cm³/mol. The molecule has 6 heteroatoms. The van der Waals surface area contributed by atoms with Crippen molar-refractivity contribution in [1.82, 2.24) is 9.88 Å². The molecule has 0 bridgehead atoms. The van der Waals surface area contributed by atoms with Crippen molar-refractivity contribution in [1.29, 1.82) is 0 Å². The number of rotatable bonds is 2. The van der Waals surface area contributed by atoms with Crippen molar-refractivity contribution in [3.8, 4) is 10.6 Å². The van der Waals surface area contributed by atoms with Gasteiger partial charge in [0.05, 0.1) is 11.8 Å². The summed E-state index contributed by atoms with van der Waals surface area (Å²) in [6, 6.07) is 6.13. The highest BCUT2D eigenvalue weighted by atomic mass is 32.1. The lowest BCUT2D eigenvalue weighted by Crippen LogP contribution is -2.32. The van der Waals surface area contributed by atoms with Gasteiger partial charge in [0.2, 0.25) is 0 Å². The summed E-state index contributed by atoms with van der Waals surface area (Å²) in [5.41, 5.74) is 1.51. The third-order valence-electron chi connectivity index (χ3n) is 4.07. The highest BCUT2D eigenvalue weighted by molar-refractivity contribution is 7.17. The zero-order chi connectivity index (χ0) is 16.4. The largest absolute Gasteiger partial charge is 0.393 e. The van der Waals surface area contributed by atoms with Gasteiger partial charge in [0.25, 0.3) is 5.91 Å². The van der Waals surface area contributed by atoms with Crippen LogP contribution in [0.1, 0.15) is 34.6 Å². The van der Waals surface area contributed by atoms with Crippen molar-refractivity contribution in [3.63, 3.8) is 0 Å². The minimum atomic E-state index is -0.315. The molecule has 2 aromatic rings. The molecule has 4 nitrogen and oxygen atoms in total. The molecule has 2 heterocycles. The Balaban J connectivity index is 1.82. The number of aromatic nitrogens is 1. The first-order valence-electron chi connectivity index (χ1n) is 7.75. The van der Waals surface area contributed by atoms with Crippen molar-refractivity contribution in [2.45, 2.75) is 32.3 Å². The van der Waals surface area contributed by atoms with E-state index in [1.807, 2.05) is 6.92 Å². The Labute approximate surface area is 138 Å². The van der Waals surface area contributed by atoms with Gasteiger partial charge in [-0.3, -0.25) is 4.79 Å². The molecule has 0 unspecified atom stereocenters. The van der Waals surface area contributed by atoms with Gasteiger partial charge in [0.15, 0.2) is 0 Å². The van der Waals surface area contributed by atoms with Crippen molar-refractivity contribution in [2.75, 3.05) is 13.1 Å². The fourth-order valence-corrected chi connectivity index (χ4v) is 3.78. The smallest absolute Gasteiger partial charge is 0.265 e. The summed E-state index contributed by atoms with van der Waals surface area (Å²) < 4.78 is 13.0. The first-order chi connectivity index (χ1) is 11.0. The Morgan fingerprint density at radius 2 is 2.04 bits per heavy atom. The molecule has 1 atom stereocenters. The number of aliphatic hydroxyl groups excluding tert-OH is 1. The average molecular weight is 334 g/mol. The maximum absolute atomic E-state index is 13.0. The number of hydrogen-bond donors (Lipinski definition) is 1. The molecule has 1 aromatic heterocycles. The van der Waals surface area contributed by atoms with Gasteiger partial charge in [0, 0.05) is 18.7 Å². The SMILES string of the molecule is Cc1nc(-c2ccc(F)cc2)sc1C(=O)N1CCC[C@H](O)CC1. The number of benzene rings is 1. The van der Waals surface area contributed by atoms with E-state index in [9.17, 15) is 14.3 Å². The van der Waals surface area contributed by atoms with E-state index in [1.54, 1.807) is 17.0 Å². The second-order valence-electron chi connectivity index (χ2n) is 5.82. The second kappa shape index (κ2) is 6.76. The Morgan fingerprint density at radius 1 is 1.30 bits per heavy atom. The van der Waals surface area contributed by atoms with Crippen LogP contribution < -0.4 is 0 Å². The number of aliphatic hydroxyl groups is 1. The fourth-order valence-electron chi connectivity index (χ4n) is 2.74. The molecule has 1 aliphatic rings. The number of aryl methyl sites for hydroxylation is 1. The molecular formula is C17H19FN2O2S. The molecule has 0 radical (unpaired) electrons. The summed E-state index contributed by atoms with van der Waals surface area (Å²) in [4.78, 5) is 19.6. The van der Waals surface area contributed by atoms with Crippen molar-refractivity contribution >= 4 is 17.2 Å².